The number of benzene rings is 1. The molecule has 1 aromatic carbocycles. The first-order valence-electron chi connectivity index (χ1n) is 9.00. The quantitative estimate of drug-likeness (QED) is 0.394. The van der Waals surface area contributed by atoms with E-state index >= 15 is 0 Å². The zero-order valence-corrected chi connectivity index (χ0v) is 17.3. The third kappa shape index (κ3) is 5.36. The number of hydrogen-bond acceptors (Lipinski definition) is 2. The second kappa shape index (κ2) is 9.43. The first-order valence-corrected chi connectivity index (χ1v) is 9.00. The smallest absolute Gasteiger partial charge is 0.312 e. The number of carbonyl (C=O) groups is 1. The Hall–Kier alpha value is -0.276. The molecule has 1 aromatic rings. The van der Waals surface area contributed by atoms with Gasteiger partial charge in [-0.3, -0.25) is 4.79 Å². The van der Waals surface area contributed by atoms with Crippen LogP contribution in [0.25, 0.3) is 0 Å². The number of esters is 1. The summed E-state index contributed by atoms with van der Waals surface area (Å²) < 4.78 is 18.4. The summed E-state index contributed by atoms with van der Waals surface area (Å²) in [5, 5.41) is 0. The number of halogens is 1. The standard InChI is InChI=1S/C20H26FO2.Y/c1-14-5-7-15(8-6-14)16-9-11-17(12-10-16)20(22)23-19-4-2-3-18(21)13-19;/h2,4,13-17H,5-12H2,1H3;/q-1;. The molecule has 129 valence electrons. The van der Waals surface area contributed by atoms with Crippen LogP contribution in [0.15, 0.2) is 18.2 Å². The van der Waals surface area contributed by atoms with Crippen molar-refractivity contribution < 1.29 is 46.6 Å². The van der Waals surface area contributed by atoms with Gasteiger partial charge in [-0.25, -0.2) is 4.39 Å². The molecular formula is C20H26FO2Y-. The molecule has 0 saturated heterocycles. The molecule has 0 aromatic heterocycles. The summed E-state index contributed by atoms with van der Waals surface area (Å²) in [7, 11) is 0. The van der Waals surface area contributed by atoms with E-state index in [4.69, 9.17) is 4.74 Å². The van der Waals surface area contributed by atoms with Gasteiger partial charge in [0.1, 0.15) is 0 Å². The predicted octanol–water partition coefficient (Wildman–Crippen LogP) is 5.16. The molecule has 2 aliphatic carbocycles. The van der Waals surface area contributed by atoms with Crippen molar-refractivity contribution in [2.75, 3.05) is 0 Å². The molecule has 0 unspecified atom stereocenters. The van der Waals surface area contributed by atoms with Crippen molar-refractivity contribution in [3.8, 4) is 5.75 Å². The Bertz CT molecular complexity index is 532. The fraction of sp³-hybridized carbons (Fsp3) is 0.650. The van der Waals surface area contributed by atoms with Crippen LogP contribution in [0.2, 0.25) is 0 Å². The van der Waals surface area contributed by atoms with Crippen molar-refractivity contribution in [2.24, 2.45) is 23.7 Å². The zero-order chi connectivity index (χ0) is 16.2. The first kappa shape index (κ1) is 20.0. The molecule has 0 spiro atoms. The van der Waals surface area contributed by atoms with E-state index in [0.717, 1.165) is 43.4 Å². The van der Waals surface area contributed by atoms with Crippen molar-refractivity contribution >= 4 is 5.97 Å². The SMILES string of the molecule is CC1CCC(C2CCC(C(=O)Oc3cc[c-]c(F)c3)CC2)CC1.[Y]. The van der Waals surface area contributed by atoms with E-state index in [2.05, 4.69) is 13.0 Å². The summed E-state index contributed by atoms with van der Waals surface area (Å²) in [4.78, 5) is 12.2. The van der Waals surface area contributed by atoms with E-state index in [1.807, 2.05) is 0 Å². The molecule has 2 aliphatic rings. The minimum absolute atomic E-state index is 0. The van der Waals surface area contributed by atoms with Crippen LogP contribution >= 0.6 is 0 Å². The third-order valence-electron chi connectivity index (χ3n) is 5.79. The van der Waals surface area contributed by atoms with Gasteiger partial charge in [0, 0.05) is 44.3 Å². The second-order valence-corrected chi connectivity index (χ2v) is 7.43. The van der Waals surface area contributed by atoms with E-state index in [9.17, 15) is 9.18 Å². The van der Waals surface area contributed by atoms with Gasteiger partial charge in [0.25, 0.3) is 0 Å². The fourth-order valence-corrected chi connectivity index (χ4v) is 4.26. The largest absolute Gasteiger partial charge is 0.453 e. The molecule has 0 aliphatic heterocycles. The minimum Gasteiger partial charge on any atom is -0.453 e. The van der Waals surface area contributed by atoms with Gasteiger partial charge in [-0.05, 0) is 56.3 Å². The molecule has 0 amide bonds. The Balaban J connectivity index is 0.00000208. The van der Waals surface area contributed by atoms with Crippen LogP contribution in [0, 0.1) is 35.6 Å². The molecule has 2 fully saturated rings. The van der Waals surface area contributed by atoms with Crippen LogP contribution in [-0.2, 0) is 37.5 Å². The van der Waals surface area contributed by atoms with Crippen molar-refractivity contribution in [3.05, 3.63) is 30.1 Å². The summed E-state index contributed by atoms with van der Waals surface area (Å²) in [6.07, 6.45) is 9.55. The van der Waals surface area contributed by atoms with Crippen molar-refractivity contribution in [3.63, 3.8) is 0 Å². The molecule has 24 heavy (non-hydrogen) atoms. The van der Waals surface area contributed by atoms with Crippen LogP contribution in [0.3, 0.4) is 0 Å². The van der Waals surface area contributed by atoms with Crippen LogP contribution in [0.1, 0.15) is 58.3 Å². The average Bonchev–Trinajstić information content (AvgIpc) is 2.56. The van der Waals surface area contributed by atoms with E-state index in [-0.39, 0.29) is 50.3 Å². The van der Waals surface area contributed by atoms with E-state index < -0.39 is 5.82 Å². The molecule has 2 nitrogen and oxygen atoms in total. The van der Waals surface area contributed by atoms with Gasteiger partial charge in [0.2, 0.25) is 0 Å². The summed E-state index contributed by atoms with van der Waals surface area (Å²) >= 11 is 0. The third-order valence-corrected chi connectivity index (χ3v) is 5.79. The van der Waals surface area contributed by atoms with E-state index in [0.29, 0.717) is 0 Å². The van der Waals surface area contributed by atoms with Gasteiger partial charge in [-0.15, -0.1) is 12.1 Å². The first-order chi connectivity index (χ1) is 11.1. The molecule has 2 saturated carbocycles. The van der Waals surface area contributed by atoms with Crippen LogP contribution in [0.4, 0.5) is 4.39 Å². The zero-order valence-electron chi connectivity index (χ0n) is 14.5. The molecule has 0 atom stereocenters. The van der Waals surface area contributed by atoms with Crippen molar-refractivity contribution in [2.45, 2.75) is 58.3 Å². The maximum absolute atomic E-state index is 13.1. The topological polar surface area (TPSA) is 26.3 Å². The van der Waals surface area contributed by atoms with Gasteiger partial charge in [-0.1, -0.05) is 25.8 Å². The monoisotopic (exact) mass is 406 g/mol. The molecule has 3 rings (SSSR count). The Kier molecular flexibility index (Phi) is 7.87. The number of hydrogen-bond donors (Lipinski definition) is 0. The minimum atomic E-state index is -0.495. The molecule has 0 heterocycles. The van der Waals surface area contributed by atoms with Gasteiger partial charge in [0.15, 0.2) is 0 Å². The van der Waals surface area contributed by atoms with Gasteiger partial charge < -0.3 is 4.74 Å². The summed E-state index contributed by atoms with van der Waals surface area (Å²) in [6, 6.07) is 6.65. The van der Waals surface area contributed by atoms with Crippen molar-refractivity contribution in [1.82, 2.24) is 0 Å². The van der Waals surface area contributed by atoms with Crippen LogP contribution in [0.5, 0.6) is 5.75 Å². The molecule has 0 N–H and O–H groups in total. The maximum Gasteiger partial charge on any atom is 0.312 e. The normalized spacial score (nSPS) is 30.2. The van der Waals surface area contributed by atoms with Crippen LogP contribution in [-0.4, -0.2) is 5.97 Å². The number of rotatable bonds is 3. The number of carbonyl (C=O) groups excluding carboxylic acids is 1. The van der Waals surface area contributed by atoms with Crippen LogP contribution < -0.4 is 4.74 Å². The van der Waals surface area contributed by atoms with Gasteiger partial charge in [0.05, 0.1) is 5.92 Å². The summed E-state index contributed by atoms with van der Waals surface area (Å²) in [6.45, 7) is 2.35. The number of ether oxygens (including phenoxy) is 1. The predicted molar refractivity (Wildman–Crippen MR) is 87.4 cm³/mol. The fourth-order valence-electron chi connectivity index (χ4n) is 4.26. The van der Waals surface area contributed by atoms with E-state index in [1.165, 1.54) is 37.8 Å². The second-order valence-electron chi connectivity index (χ2n) is 7.43. The van der Waals surface area contributed by atoms with Crippen molar-refractivity contribution in [1.29, 1.82) is 0 Å². The molecule has 0 bridgehead atoms. The Morgan fingerprint density at radius 3 is 2.25 bits per heavy atom. The molecule has 1 radical (unpaired) electrons. The average molecular weight is 406 g/mol. The molecular weight excluding hydrogens is 380 g/mol. The summed E-state index contributed by atoms with van der Waals surface area (Å²) in [5.74, 6) is 2.10. The Morgan fingerprint density at radius 1 is 1.08 bits per heavy atom. The Morgan fingerprint density at radius 2 is 1.67 bits per heavy atom. The molecule has 4 heteroatoms. The summed E-state index contributed by atoms with van der Waals surface area (Å²) in [5.41, 5.74) is 0. The van der Waals surface area contributed by atoms with E-state index in [1.54, 1.807) is 6.07 Å². The Labute approximate surface area is 169 Å². The maximum atomic E-state index is 13.1. The van der Waals surface area contributed by atoms with Gasteiger partial charge in [-0.2, -0.15) is 6.07 Å². The van der Waals surface area contributed by atoms with Gasteiger partial charge >= 0.3 is 5.97 Å².